The standard InChI is InChI=1S/C21H29BrN2O3/c1-2-27-21(26)17-8-11-24(12-9-17)20(25)18-6-4-10-23(15-18)14-16-5-3-7-19(22)13-16/h3,5,7,13,17-18H,2,4,6,8-12,14-15H2,1H3. The van der Waals surface area contributed by atoms with E-state index in [9.17, 15) is 9.59 Å². The summed E-state index contributed by atoms with van der Waals surface area (Å²) in [6.45, 7) is 6.35. The number of piperidine rings is 2. The van der Waals surface area contributed by atoms with Gasteiger partial charge in [-0.2, -0.15) is 0 Å². The van der Waals surface area contributed by atoms with Crippen molar-refractivity contribution in [3.05, 3.63) is 34.3 Å². The number of nitrogens with zero attached hydrogens (tertiary/aromatic N) is 2. The van der Waals surface area contributed by atoms with Crippen molar-refractivity contribution in [3.8, 4) is 0 Å². The van der Waals surface area contributed by atoms with Gasteiger partial charge in [0, 0.05) is 30.7 Å². The normalized spacial score (nSPS) is 21.9. The number of hydrogen-bond donors (Lipinski definition) is 0. The van der Waals surface area contributed by atoms with E-state index in [0.29, 0.717) is 19.7 Å². The summed E-state index contributed by atoms with van der Waals surface area (Å²) in [6.07, 6.45) is 3.47. The molecule has 0 bridgehead atoms. The molecule has 1 unspecified atom stereocenters. The quantitative estimate of drug-likeness (QED) is 0.663. The van der Waals surface area contributed by atoms with E-state index in [0.717, 1.165) is 49.8 Å². The Morgan fingerprint density at radius 3 is 2.63 bits per heavy atom. The molecule has 27 heavy (non-hydrogen) atoms. The Labute approximate surface area is 170 Å². The molecule has 2 fully saturated rings. The van der Waals surface area contributed by atoms with E-state index in [2.05, 4.69) is 39.0 Å². The fraction of sp³-hybridized carbons (Fsp3) is 0.619. The number of carbonyl (C=O) groups excluding carboxylic acids is 2. The molecule has 0 saturated carbocycles. The molecule has 0 N–H and O–H groups in total. The van der Waals surface area contributed by atoms with E-state index in [-0.39, 0.29) is 23.7 Å². The van der Waals surface area contributed by atoms with Crippen molar-refractivity contribution in [2.45, 2.75) is 39.2 Å². The maximum absolute atomic E-state index is 13.0. The van der Waals surface area contributed by atoms with Crippen molar-refractivity contribution in [2.75, 3.05) is 32.8 Å². The van der Waals surface area contributed by atoms with Crippen LogP contribution in [0.3, 0.4) is 0 Å². The highest BCUT2D eigenvalue weighted by molar-refractivity contribution is 9.10. The van der Waals surface area contributed by atoms with Gasteiger partial charge in [-0.05, 0) is 56.8 Å². The van der Waals surface area contributed by atoms with Crippen LogP contribution >= 0.6 is 15.9 Å². The van der Waals surface area contributed by atoms with Gasteiger partial charge in [-0.15, -0.1) is 0 Å². The zero-order chi connectivity index (χ0) is 19.2. The number of hydrogen-bond acceptors (Lipinski definition) is 4. The molecular weight excluding hydrogens is 408 g/mol. The zero-order valence-electron chi connectivity index (χ0n) is 16.0. The Bertz CT molecular complexity index is 659. The van der Waals surface area contributed by atoms with Gasteiger partial charge in [-0.3, -0.25) is 14.5 Å². The first kappa shape index (κ1) is 20.3. The van der Waals surface area contributed by atoms with Gasteiger partial charge in [0.1, 0.15) is 0 Å². The number of carbonyl (C=O) groups is 2. The van der Waals surface area contributed by atoms with Gasteiger partial charge in [-0.25, -0.2) is 0 Å². The maximum atomic E-state index is 13.0. The second-order valence-electron chi connectivity index (χ2n) is 7.56. The topological polar surface area (TPSA) is 49.9 Å². The molecule has 2 saturated heterocycles. The van der Waals surface area contributed by atoms with Gasteiger partial charge in [0.05, 0.1) is 18.4 Å². The average molecular weight is 437 g/mol. The first-order chi connectivity index (χ1) is 13.1. The van der Waals surface area contributed by atoms with Gasteiger partial charge >= 0.3 is 5.97 Å². The molecule has 0 radical (unpaired) electrons. The molecule has 1 atom stereocenters. The Kier molecular flexibility index (Phi) is 7.30. The third-order valence-electron chi connectivity index (χ3n) is 5.58. The minimum absolute atomic E-state index is 0.0478. The third-order valence-corrected chi connectivity index (χ3v) is 6.07. The summed E-state index contributed by atoms with van der Waals surface area (Å²) >= 11 is 3.53. The van der Waals surface area contributed by atoms with Crippen molar-refractivity contribution in [1.29, 1.82) is 0 Å². The zero-order valence-corrected chi connectivity index (χ0v) is 17.6. The second kappa shape index (κ2) is 9.69. The van der Waals surface area contributed by atoms with Crippen LogP contribution in [0.15, 0.2) is 28.7 Å². The molecule has 2 heterocycles. The van der Waals surface area contributed by atoms with Gasteiger partial charge in [0.2, 0.25) is 5.91 Å². The fourth-order valence-electron chi connectivity index (χ4n) is 4.15. The molecule has 148 valence electrons. The Hall–Kier alpha value is -1.40. The van der Waals surface area contributed by atoms with E-state index in [1.807, 2.05) is 17.9 Å². The minimum atomic E-state index is -0.109. The van der Waals surface area contributed by atoms with Gasteiger partial charge in [-0.1, -0.05) is 28.1 Å². The lowest BCUT2D eigenvalue weighted by Gasteiger charge is -2.37. The van der Waals surface area contributed by atoms with E-state index < -0.39 is 0 Å². The second-order valence-corrected chi connectivity index (χ2v) is 8.47. The maximum Gasteiger partial charge on any atom is 0.309 e. The van der Waals surface area contributed by atoms with Crippen LogP contribution in [0.4, 0.5) is 0 Å². The predicted octanol–water partition coefficient (Wildman–Crippen LogP) is 3.46. The molecule has 5 nitrogen and oxygen atoms in total. The minimum Gasteiger partial charge on any atom is -0.466 e. The third kappa shape index (κ3) is 5.55. The number of likely N-dealkylation sites (tertiary alicyclic amines) is 2. The number of benzene rings is 1. The molecule has 6 heteroatoms. The van der Waals surface area contributed by atoms with Crippen molar-refractivity contribution >= 4 is 27.8 Å². The van der Waals surface area contributed by atoms with Crippen LogP contribution in [0.25, 0.3) is 0 Å². The Balaban J connectivity index is 1.51. The number of esters is 1. The lowest BCUT2D eigenvalue weighted by molar-refractivity contribution is -0.152. The van der Waals surface area contributed by atoms with E-state index >= 15 is 0 Å². The molecule has 0 spiro atoms. The molecule has 1 aromatic rings. The van der Waals surface area contributed by atoms with Gasteiger partial charge in [0.15, 0.2) is 0 Å². The smallest absolute Gasteiger partial charge is 0.309 e. The molecule has 2 aliphatic heterocycles. The first-order valence-corrected chi connectivity index (χ1v) is 10.8. The predicted molar refractivity (Wildman–Crippen MR) is 108 cm³/mol. The van der Waals surface area contributed by atoms with Crippen LogP contribution in [-0.4, -0.2) is 54.5 Å². The van der Waals surface area contributed by atoms with Crippen LogP contribution in [0.1, 0.15) is 38.2 Å². The lowest BCUT2D eigenvalue weighted by atomic mass is 9.92. The number of amides is 1. The highest BCUT2D eigenvalue weighted by atomic mass is 79.9. The Morgan fingerprint density at radius 2 is 1.93 bits per heavy atom. The van der Waals surface area contributed by atoms with Crippen LogP contribution < -0.4 is 0 Å². The van der Waals surface area contributed by atoms with Crippen LogP contribution in [0.5, 0.6) is 0 Å². The van der Waals surface area contributed by atoms with Crippen LogP contribution in [-0.2, 0) is 20.9 Å². The molecule has 1 aromatic carbocycles. The summed E-state index contributed by atoms with van der Waals surface area (Å²) in [6, 6.07) is 8.37. The van der Waals surface area contributed by atoms with Crippen molar-refractivity contribution < 1.29 is 14.3 Å². The Morgan fingerprint density at radius 1 is 1.15 bits per heavy atom. The summed E-state index contributed by atoms with van der Waals surface area (Å²) in [5, 5.41) is 0. The molecule has 0 aromatic heterocycles. The molecule has 1 amide bonds. The number of ether oxygens (including phenoxy) is 1. The monoisotopic (exact) mass is 436 g/mol. The van der Waals surface area contributed by atoms with E-state index in [1.54, 1.807) is 0 Å². The summed E-state index contributed by atoms with van der Waals surface area (Å²) in [5.41, 5.74) is 1.27. The molecule has 2 aliphatic rings. The van der Waals surface area contributed by atoms with Gasteiger partial charge < -0.3 is 9.64 Å². The van der Waals surface area contributed by atoms with Crippen LogP contribution in [0, 0.1) is 11.8 Å². The highest BCUT2D eigenvalue weighted by Crippen LogP contribution is 2.25. The largest absolute Gasteiger partial charge is 0.466 e. The number of halogens is 1. The first-order valence-electron chi connectivity index (χ1n) is 9.99. The van der Waals surface area contributed by atoms with Gasteiger partial charge in [0.25, 0.3) is 0 Å². The van der Waals surface area contributed by atoms with Crippen molar-refractivity contribution in [3.63, 3.8) is 0 Å². The number of rotatable bonds is 5. The molecular formula is C21H29BrN2O3. The van der Waals surface area contributed by atoms with E-state index in [4.69, 9.17) is 4.74 Å². The summed E-state index contributed by atoms with van der Waals surface area (Å²) in [4.78, 5) is 29.2. The summed E-state index contributed by atoms with van der Waals surface area (Å²) < 4.78 is 6.21. The van der Waals surface area contributed by atoms with Crippen molar-refractivity contribution in [2.24, 2.45) is 11.8 Å². The SMILES string of the molecule is CCOC(=O)C1CCN(C(=O)C2CCCN(Cc3cccc(Br)c3)C2)CC1. The summed E-state index contributed by atoms with van der Waals surface area (Å²) in [7, 11) is 0. The average Bonchev–Trinajstić information content (AvgIpc) is 2.68. The van der Waals surface area contributed by atoms with Crippen LogP contribution in [0.2, 0.25) is 0 Å². The summed E-state index contributed by atoms with van der Waals surface area (Å²) in [5.74, 6) is 0.178. The lowest BCUT2D eigenvalue weighted by Crippen LogP contribution is -2.47. The highest BCUT2D eigenvalue weighted by Gasteiger charge is 2.33. The molecule has 3 rings (SSSR count). The van der Waals surface area contributed by atoms with E-state index in [1.165, 1.54) is 5.56 Å². The fourth-order valence-corrected chi connectivity index (χ4v) is 4.59. The van der Waals surface area contributed by atoms with Crippen molar-refractivity contribution in [1.82, 2.24) is 9.80 Å². The molecule has 0 aliphatic carbocycles.